The Hall–Kier alpha value is -4.00. The molecule has 1 heterocycles. The number of nitrogens with one attached hydrogen (secondary N) is 1. The fourth-order valence-electron chi connectivity index (χ4n) is 4.95. The van der Waals surface area contributed by atoms with Crippen LogP contribution in [0.2, 0.25) is 0 Å². The van der Waals surface area contributed by atoms with Gasteiger partial charge >= 0.3 is 0 Å². The molecule has 200 valence electrons. The number of fused-ring (bicyclic) bond motifs is 1. The minimum atomic E-state index is -0.195. The summed E-state index contributed by atoms with van der Waals surface area (Å²) >= 11 is 0. The lowest BCUT2D eigenvalue weighted by Gasteiger charge is -2.18. The molecule has 4 aromatic rings. The first-order valence-corrected chi connectivity index (χ1v) is 12.9. The number of imidazole rings is 1. The van der Waals surface area contributed by atoms with Crippen LogP contribution in [0.1, 0.15) is 50.4 Å². The van der Waals surface area contributed by atoms with Crippen LogP contribution in [-0.4, -0.2) is 43.3 Å². The molecule has 3 aromatic carbocycles. The van der Waals surface area contributed by atoms with Gasteiger partial charge in [-0.3, -0.25) is 4.79 Å². The number of rotatable bonds is 10. The van der Waals surface area contributed by atoms with Gasteiger partial charge in [-0.1, -0.05) is 18.2 Å². The van der Waals surface area contributed by atoms with Crippen LogP contribution in [0.3, 0.4) is 0 Å². The normalized spacial score (nSPS) is 11.0. The first-order valence-electron chi connectivity index (χ1n) is 12.9. The Morgan fingerprint density at radius 2 is 1.53 bits per heavy atom. The summed E-state index contributed by atoms with van der Waals surface area (Å²) in [5, 5.41) is 3.02. The Balaban J connectivity index is 1.51. The molecule has 0 saturated carbocycles. The van der Waals surface area contributed by atoms with E-state index in [2.05, 4.69) is 61.8 Å². The number of ether oxygens (including phenoxy) is 3. The largest absolute Gasteiger partial charge is 0.493 e. The number of nitrogens with zero attached hydrogens (tertiary/aromatic N) is 2. The standard InChI is InChI=1S/C31H37N3O4/c1-19-15-20(2)22(4)24(21(19)3)18-34-26-12-9-8-11-25(26)33-29(34)13-10-14-32-31(35)23-16-27(36-5)30(38-7)28(17-23)37-6/h8-9,11-12,15-17H,10,13-14,18H2,1-7H3,(H,32,35). The van der Waals surface area contributed by atoms with Crippen molar-refractivity contribution in [1.29, 1.82) is 0 Å². The molecule has 0 aliphatic rings. The summed E-state index contributed by atoms with van der Waals surface area (Å²) < 4.78 is 18.4. The highest BCUT2D eigenvalue weighted by molar-refractivity contribution is 5.95. The summed E-state index contributed by atoms with van der Waals surface area (Å²) in [7, 11) is 4.61. The molecule has 0 radical (unpaired) electrons. The van der Waals surface area contributed by atoms with Crippen molar-refractivity contribution in [1.82, 2.24) is 14.9 Å². The van der Waals surface area contributed by atoms with Crippen LogP contribution in [0, 0.1) is 27.7 Å². The summed E-state index contributed by atoms with van der Waals surface area (Å²) in [5.41, 5.74) is 9.19. The lowest BCUT2D eigenvalue weighted by molar-refractivity contribution is 0.0952. The summed E-state index contributed by atoms with van der Waals surface area (Å²) in [4.78, 5) is 17.9. The Morgan fingerprint density at radius 3 is 2.13 bits per heavy atom. The van der Waals surface area contributed by atoms with E-state index in [1.54, 1.807) is 12.1 Å². The van der Waals surface area contributed by atoms with Gasteiger partial charge in [0.25, 0.3) is 5.91 Å². The van der Waals surface area contributed by atoms with Gasteiger partial charge in [0, 0.05) is 25.1 Å². The van der Waals surface area contributed by atoms with Crippen LogP contribution in [0.15, 0.2) is 42.5 Å². The van der Waals surface area contributed by atoms with E-state index >= 15 is 0 Å². The zero-order valence-corrected chi connectivity index (χ0v) is 23.4. The molecule has 0 unspecified atom stereocenters. The van der Waals surface area contributed by atoms with Crippen molar-refractivity contribution in [2.24, 2.45) is 0 Å². The number of carbonyl (C=O) groups excluding carboxylic acids is 1. The van der Waals surface area contributed by atoms with Gasteiger partial charge in [-0.05, 0) is 86.2 Å². The Labute approximate surface area is 224 Å². The van der Waals surface area contributed by atoms with E-state index in [0.717, 1.165) is 36.2 Å². The molecule has 4 rings (SSSR count). The fraction of sp³-hybridized carbons (Fsp3) is 0.355. The average Bonchev–Trinajstić information content (AvgIpc) is 3.28. The van der Waals surface area contributed by atoms with Gasteiger partial charge in [0.15, 0.2) is 11.5 Å². The maximum atomic E-state index is 12.9. The molecule has 1 amide bonds. The highest BCUT2D eigenvalue weighted by atomic mass is 16.5. The van der Waals surface area contributed by atoms with Gasteiger partial charge in [0.1, 0.15) is 5.82 Å². The van der Waals surface area contributed by atoms with Gasteiger partial charge < -0.3 is 24.1 Å². The van der Waals surface area contributed by atoms with Gasteiger partial charge in [0.2, 0.25) is 5.75 Å². The zero-order valence-electron chi connectivity index (χ0n) is 23.4. The van der Waals surface area contributed by atoms with E-state index in [1.165, 1.54) is 49.1 Å². The van der Waals surface area contributed by atoms with Gasteiger partial charge in [-0.15, -0.1) is 0 Å². The predicted molar refractivity (Wildman–Crippen MR) is 151 cm³/mol. The van der Waals surface area contributed by atoms with E-state index in [1.807, 2.05) is 6.07 Å². The van der Waals surface area contributed by atoms with Crippen LogP contribution in [0.25, 0.3) is 11.0 Å². The van der Waals surface area contributed by atoms with Crippen molar-refractivity contribution in [2.45, 2.75) is 47.1 Å². The maximum Gasteiger partial charge on any atom is 0.251 e. The predicted octanol–water partition coefficient (Wildman–Crippen LogP) is 5.71. The van der Waals surface area contributed by atoms with Crippen molar-refractivity contribution >= 4 is 16.9 Å². The molecule has 0 atom stereocenters. The number of amides is 1. The molecule has 1 aromatic heterocycles. The number of hydrogen-bond acceptors (Lipinski definition) is 5. The van der Waals surface area contributed by atoms with Crippen LogP contribution in [0.5, 0.6) is 17.2 Å². The second-order valence-corrected chi connectivity index (χ2v) is 9.62. The molecule has 0 aliphatic heterocycles. The minimum Gasteiger partial charge on any atom is -0.493 e. The van der Waals surface area contributed by atoms with Gasteiger partial charge in [0.05, 0.1) is 32.4 Å². The lowest BCUT2D eigenvalue weighted by atomic mass is 9.94. The molecular formula is C31H37N3O4. The zero-order chi connectivity index (χ0) is 27.4. The van der Waals surface area contributed by atoms with E-state index < -0.39 is 0 Å². The SMILES string of the molecule is COc1cc(C(=O)NCCCc2nc3ccccc3n2Cc2c(C)c(C)cc(C)c2C)cc(OC)c1OC. The van der Waals surface area contributed by atoms with Crippen LogP contribution in [-0.2, 0) is 13.0 Å². The van der Waals surface area contributed by atoms with Crippen molar-refractivity contribution in [3.05, 3.63) is 81.7 Å². The molecular weight excluding hydrogens is 478 g/mol. The first kappa shape index (κ1) is 27.0. The van der Waals surface area contributed by atoms with Gasteiger partial charge in [-0.25, -0.2) is 4.98 Å². The third-order valence-electron chi connectivity index (χ3n) is 7.36. The number of aromatic nitrogens is 2. The Morgan fingerprint density at radius 1 is 0.895 bits per heavy atom. The van der Waals surface area contributed by atoms with Crippen LogP contribution >= 0.6 is 0 Å². The van der Waals surface area contributed by atoms with Crippen molar-refractivity contribution in [2.75, 3.05) is 27.9 Å². The third kappa shape index (κ3) is 5.32. The molecule has 7 nitrogen and oxygen atoms in total. The number of para-hydroxylation sites is 2. The number of carbonyl (C=O) groups is 1. The molecule has 0 saturated heterocycles. The van der Waals surface area contributed by atoms with E-state index in [0.29, 0.717) is 29.4 Å². The number of benzene rings is 3. The smallest absolute Gasteiger partial charge is 0.251 e. The molecule has 1 N–H and O–H groups in total. The second-order valence-electron chi connectivity index (χ2n) is 9.62. The van der Waals surface area contributed by atoms with Crippen molar-refractivity contribution in [3.63, 3.8) is 0 Å². The molecule has 0 bridgehead atoms. The minimum absolute atomic E-state index is 0.195. The highest BCUT2D eigenvalue weighted by Crippen LogP contribution is 2.38. The summed E-state index contributed by atoms with van der Waals surface area (Å²) in [5.74, 6) is 2.18. The number of hydrogen-bond donors (Lipinski definition) is 1. The van der Waals surface area contributed by atoms with Crippen molar-refractivity contribution in [3.8, 4) is 17.2 Å². The topological polar surface area (TPSA) is 74.6 Å². The average molecular weight is 516 g/mol. The molecule has 38 heavy (non-hydrogen) atoms. The first-order chi connectivity index (χ1) is 18.3. The quantitative estimate of drug-likeness (QED) is 0.274. The number of aryl methyl sites for hydroxylation is 3. The molecule has 0 fully saturated rings. The van der Waals surface area contributed by atoms with Crippen LogP contribution in [0.4, 0.5) is 0 Å². The fourth-order valence-corrected chi connectivity index (χ4v) is 4.95. The molecule has 0 spiro atoms. The van der Waals surface area contributed by atoms with Crippen molar-refractivity contribution < 1.29 is 19.0 Å². The Bertz CT molecular complexity index is 1420. The maximum absolute atomic E-state index is 12.9. The summed E-state index contributed by atoms with van der Waals surface area (Å²) in [6, 6.07) is 13.8. The van der Waals surface area contributed by atoms with Gasteiger partial charge in [-0.2, -0.15) is 0 Å². The second kappa shape index (κ2) is 11.6. The monoisotopic (exact) mass is 515 g/mol. The molecule has 7 heteroatoms. The lowest BCUT2D eigenvalue weighted by Crippen LogP contribution is -2.25. The molecule has 0 aliphatic carbocycles. The number of methoxy groups -OCH3 is 3. The van der Waals surface area contributed by atoms with E-state index in [9.17, 15) is 4.79 Å². The van der Waals surface area contributed by atoms with E-state index in [4.69, 9.17) is 19.2 Å². The van der Waals surface area contributed by atoms with Crippen LogP contribution < -0.4 is 19.5 Å². The van der Waals surface area contributed by atoms with E-state index in [-0.39, 0.29) is 5.91 Å². The summed E-state index contributed by atoms with van der Waals surface area (Å²) in [6.45, 7) is 10.0. The summed E-state index contributed by atoms with van der Waals surface area (Å²) in [6.07, 6.45) is 1.50. The third-order valence-corrected chi connectivity index (χ3v) is 7.36. The Kier molecular flexibility index (Phi) is 8.25. The highest BCUT2D eigenvalue weighted by Gasteiger charge is 2.18.